The monoisotopic (exact) mass is 395 g/mol. The van der Waals surface area contributed by atoms with E-state index in [1.54, 1.807) is 0 Å². The van der Waals surface area contributed by atoms with Crippen LogP contribution in [0, 0.1) is 24.3 Å². The zero-order valence-electron chi connectivity index (χ0n) is 12.4. The molecule has 0 saturated heterocycles. The van der Waals surface area contributed by atoms with Gasteiger partial charge in [-0.1, -0.05) is 12.1 Å². The molecule has 0 spiro atoms. The molecule has 1 N–H and O–H groups in total. The van der Waals surface area contributed by atoms with Crippen molar-refractivity contribution in [2.75, 3.05) is 11.9 Å². The van der Waals surface area contributed by atoms with E-state index in [-0.39, 0.29) is 12.5 Å². The summed E-state index contributed by atoms with van der Waals surface area (Å²) in [6.45, 7) is 6.06. The zero-order chi connectivity index (χ0) is 15.4. The van der Waals surface area contributed by atoms with Gasteiger partial charge in [0.15, 0.2) is 6.61 Å². The second kappa shape index (κ2) is 6.93. The minimum Gasteiger partial charge on any atom is -0.484 e. The maximum Gasteiger partial charge on any atom is 0.262 e. The summed E-state index contributed by atoms with van der Waals surface area (Å²) in [7, 11) is 0. The predicted molar refractivity (Wildman–Crippen MR) is 93.9 cm³/mol. The topological polar surface area (TPSA) is 38.3 Å². The molecule has 110 valence electrons. The second-order valence-electron chi connectivity index (χ2n) is 5.12. The Morgan fingerprint density at radius 2 is 1.76 bits per heavy atom. The molecule has 4 heteroatoms. The first kappa shape index (κ1) is 15.8. The Morgan fingerprint density at radius 3 is 2.38 bits per heavy atom. The molecule has 0 fully saturated rings. The Morgan fingerprint density at radius 1 is 1.10 bits per heavy atom. The van der Waals surface area contributed by atoms with Crippen molar-refractivity contribution < 1.29 is 9.53 Å². The summed E-state index contributed by atoms with van der Waals surface area (Å²) in [6, 6.07) is 11.8. The number of amides is 1. The van der Waals surface area contributed by atoms with E-state index in [9.17, 15) is 4.79 Å². The lowest BCUT2D eigenvalue weighted by molar-refractivity contribution is -0.118. The summed E-state index contributed by atoms with van der Waals surface area (Å²) in [4.78, 5) is 11.9. The van der Waals surface area contributed by atoms with Gasteiger partial charge in [0.1, 0.15) is 5.75 Å². The molecular formula is C17H18INO2. The molecule has 0 atom stereocenters. The number of nitrogens with one attached hydrogen (secondary N) is 1. The highest BCUT2D eigenvalue weighted by Gasteiger charge is 2.05. The van der Waals surface area contributed by atoms with Crippen molar-refractivity contribution in [2.24, 2.45) is 0 Å². The molecule has 0 heterocycles. The lowest BCUT2D eigenvalue weighted by Gasteiger charge is -2.10. The molecule has 1 amide bonds. The number of carbonyl (C=O) groups is 1. The number of ether oxygens (including phenoxy) is 1. The Bertz CT molecular complexity index is 648. The van der Waals surface area contributed by atoms with Crippen molar-refractivity contribution in [3.05, 3.63) is 56.7 Å². The first-order valence-electron chi connectivity index (χ1n) is 6.71. The maximum atomic E-state index is 11.9. The number of anilines is 1. The molecule has 0 bridgehead atoms. The van der Waals surface area contributed by atoms with E-state index in [2.05, 4.69) is 34.0 Å². The van der Waals surface area contributed by atoms with Gasteiger partial charge in [-0.3, -0.25) is 4.79 Å². The minimum absolute atomic E-state index is 0.00729. The molecule has 2 aromatic rings. The van der Waals surface area contributed by atoms with Crippen LogP contribution in [0.1, 0.15) is 16.7 Å². The molecule has 0 unspecified atom stereocenters. The van der Waals surface area contributed by atoms with Gasteiger partial charge in [-0.15, -0.1) is 0 Å². The smallest absolute Gasteiger partial charge is 0.262 e. The standard InChI is InChI=1S/C17H18INO2/c1-11-6-12(2)8-15(7-11)21-10-17(20)19-14-5-4-13(3)16(18)9-14/h4-9H,10H2,1-3H3,(H,19,20). The van der Waals surface area contributed by atoms with Crippen molar-refractivity contribution in [2.45, 2.75) is 20.8 Å². The number of hydrogen-bond acceptors (Lipinski definition) is 2. The lowest BCUT2D eigenvalue weighted by Crippen LogP contribution is -2.20. The van der Waals surface area contributed by atoms with Crippen molar-refractivity contribution in [3.8, 4) is 5.75 Å². The second-order valence-corrected chi connectivity index (χ2v) is 6.29. The highest BCUT2D eigenvalue weighted by Crippen LogP contribution is 2.18. The number of aryl methyl sites for hydroxylation is 3. The van der Waals surface area contributed by atoms with Gasteiger partial charge in [-0.2, -0.15) is 0 Å². The number of carbonyl (C=O) groups excluding carboxylic acids is 1. The van der Waals surface area contributed by atoms with Crippen LogP contribution < -0.4 is 10.1 Å². The summed E-state index contributed by atoms with van der Waals surface area (Å²) >= 11 is 2.25. The van der Waals surface area contributed by atoms with Crippen LogP contribution in [0.25, 0.3) is 0 Å². The first-order valence-corrected chi connectivity index (χ1v) is 7.79. The van der Waals surface area contributed by atoms with Crippen molar-refractivity contribution >= 4 is 34.2 Å². The van der Waals surface area contributed by atoms with E-state index < -0.39 is 0 Å². The molecule has 0 radical (unpaired) electrons. The maximum absolute atomic E-state index is 11.9. The van der Waals surface area contributed by atoms with Crippen LogP contribution in [0.3, 0.4) is 0 Å². The van der Waals surface area contributed by atoms with Gasteiger partial charge in [0.25, 0.3) is 5.91 Å². The summed E-state index contributed by atoms with van der Waals surface area (Å²) < 4.78 is 6.67. The van der Waals surface area contributed by atoms with Crippen LogP contribution in [0.4, 0.5) is 5.69 Å². The normalized spacial score (nSPS) is 10.3. The van der Waals surface area contributed by atoms with E-state index in [1.165, 1.54) is 5.56 Å². The summed E-state index contributed by atoms with van der Waals surface area (Å²) in [5.74, 6) is 0.565. The molecule has 0 aliphatic rings. The van der Waals surface area contributed by atoms with Crippen molar-refractivity contribution in [1.29, 1.82) is 0 Å². The molecule has 0 aliphatic heterocycles. The Balaban J connectivity index is 1.94. The third kappa shape index (κ3) is 4.74. The number of halogens is 1. The first-order chi connectivity index (χ1) is 9.94. The molecule has 2 aromatic carbocycles. The van der Waals surface area contributed by atoms with Crippen LogP contribution in [-0.2, 0) is 4.79 Å². The van der Waals surface area contributed by atoms with Crippen molar-refractivity contribution in [1.82, 2.24) is 0 Å². The summed E-state index contributed by atoms with van der Waals surface area (Å²) in [5.41, 5.74) is 4.23. The Hall–Kier alpha value is -1.56. The van der Waals surface area contributed by atoms with E-state index in [4.69, 9.17) is 4.74 Å². The molecule has 0 aliphatic carbocycles. The minimum atomic E-state index is -0.159. The van der Waals surface area contributed by atoms with Gasteiger partial charge in [-0.25, -0.2) is 0 Å². The van der Waals surface area contributed by atoms with Gasteiger partial charge in [0.2, 0.25) is 0 Å². The third-order valence-electron chi connectivity index (χ3n) is 3.02. The van der Waals surface area contributed by atoms with E-state index in [0.717, 1.165) is 26.1 Å². The van der Waals surface area contributed by atoms with Crippen molar-refractivity contribution in [3.63, 3.8) is 0 Å². The van der Waals surface area contributed by atoms with Crippen LogP contribution in [0.5, 0.6) is 5.75 Å². The van der Waals surface area contributed by atoms with Crippen LogP contribution in [-0.4, -0.2) is 12.5 Å². The fraction of sp³-hybridized carbons (Fsp3) is 0.235. The van der Waals surface area contributed by atoms with Gasteiger partial charge in [-0.05, 0) is 84.3 Å². The molecule has 3 nitrogen and oxygen atoms in total. The summed E-state index contributed by atoms with van der Waals surface area (Å²) in [5, 5.41) is 2.84. The predicted octanol–water partition coefficient (Wildman–Crippen LogP) is 4.23. The lowest BCUT2D eigenvalue weighted by atomic mass is 10.1. The van der Waals surface area contributed by atoms with Gasteiger partial charge < -0.3 is 10.1 Å². The molecule has 21 heavy (non-hydrogen) atoms. The SMILES string of the molecule is Cc1cc(C)cc(OCC(=O)Nc2ccc(C)c(I)c2)c1. The van der Waals surface area contributed by atoms with E-state index >= 15 is 0 Å². The molecular weight excluding hydrogens is 377 g/mol. The highest BCUT2D eigenvalue weighted by atomic mass is 127. The quantitative estimate of drug-likeness (QED) is 0.787. The van der Waals surface area contributed by atoms with Crippen LogP contribution in [0.2, 0.25) is 0 Å². The largest absolute Gasteiger partial charge is 0.484 e. The fourth-order valence-electron chi connectivity index (χ4n) is 2.03. The molecule has 2 rings (SSSR count). The van der Waals surface area contributed by atoms with Gasteiger partial charge >= 0.3 is 0 Å². The van der Waals surface area contributed by atoms with Crippen LogP contribution in [0.15, 0.2) is 36.4 Å². The van der Waals surface area contributed by atoms with Gasteiger partial charge in [0, 0.05) is 9.26 Å². The zero-order valence-corrected chi connectivity index (χ0v) is 14.5. The van der Waals surface area contributed by atoms with E-state index in [1.807, 2.05) is 51.1 Å². The van der Waals surface area contributed by atoms with Crippen LogP contribution >= 0.6 is 22.6 Å². The third-order valence-corrected chi connectivity index (χ3v) is 4.18. The number of rotatable bonds is 4. The molecule has 0 saturated carbocycles. The Labute approximate surface area is 138 Å². The van der Waals surface area contributed by atoms with Gasteiger partial charge in [0.05, 0.1) is 0 Å². The molecule has 0 aromatic heterocycles. The highest BCUT2D eigenvalue weighted by molar-refractivity contribution is 14.1. The Kier molecular flexibility index (Phi) is 5.22. The summed E-state index contributed by atoms with van der Waals surface area (Å²) in [6.07, 6.45) is 0. The number of hydrogen-bond donors (Lipinski definition) is 1. The van der Waals surface area contributed by atoms with E-state index in [0.29, 0.717) is 0 Å². The fourth-order valence-corrected chi connectivity index (χ4v) is 2.55. The average Bonchev–Trinajstić information content (AvgIpc) is 2.40. The average molecular weight is 395 g/mol. The number of benzene rings is 2.